The SMILES string of the molecule is [C-]#[N+]C1(c2ncccc2Cl)CC(F)(F)C1. The molecule has 0 aromatic carbocycles. The lowest BCUT2D eigenvalue weighted by Gasteiger charge is -2.37. The number of alkyl halides is 2. The monoisotopic (exact) mass is 228 g/mol. The van der Waals surface area contributed by atoms with Gasteiger partial charge in [0.1, 0.15) is 5.69 Å². The quantitative estimate of drug-likeness (QED) is 0.675. The number of aromatic nitrogens is 1. The Morgan fingerprint density at radius 3 is 2.60 bits per heavy atom. The van der Waals surface area contributed by atoms with Gasteiger partial charge >= 0.3 is 0 Å². The molecular weight excluding hydrogens is 222 g/mol. The molecule has 1 saturated carbocycles. The number of hydrogen-bond donors (Lipinski definition) is 0. The van der Waals surface area contributed by atoms with Crippen molar-refractivity contribution in [3.8, 4) is 0 Å². The summed E-state index contributed by atoms with van der Waals surface area (Å²) in [5, 5.41) is 0.281. The molecule has 1 aromatic rings. The molecule has 0 bridgehead atoms. The van der Waals surface area contributed by atoms with Gasteiger partial charge in [0.15, 0.2) is 0 Å². The molecule has 1 heterocycles. The van der Waals surface area contributed by atoms with Gasteiger partial charge in [-0.05, 0) is 12.1 Å². The van der Waals surface area contributed by atoms with Gasteiger partial charge in [0, 0.05) is 6.20 Å². The van der Waals surface area contributed by atoms with Crippen molar-refractivity contribution in [1.29, 1.82) is 0 Å². The summed E-state index contributed by atoms with van der Waals surface area (Å²) in [6.07, 6.45) is 0.491. The predicted molar refractivity (Wildman–Crippen MR) is 51.7 cm³/mol. The van der Waals surface area contributed by atoms with E-state index in [-0.39, 0.29) is 10.7 Å². The Bertz CT molecular complexity index is 431. The highest BCUT2D eigenvalue weighted by molar-refractivity contribution is 6.31. The van der Waals surface area contributed by atoms with Crippen LogP contribution < -0.4 is 0 Å². The Balaban J connectivity index is 2.39. The van der Waals surface area contributed by atoms with Gasteiger partial charge in [-0.15, -0.1) is 0 Å². The minimum atomic E-state index is -2.76. The largest absolute Gasteiger partial charge is 0.303 e. The third kappa shape index (κ3) is 1.57. The zero-order chi connectivity index (χ0) is 11.1. The van der Waals surface area contributed by atoms with Gasteiger partial charge in [-0.25, -0.2) is 15.4 Å². The molecule has 0 aliphatic heterocycles. The normalized spacial score (nSPS) is 21.5. The van der Waals surface area contributed by atoms with Crippen LogP contribution in [-0.4, -0.2) is 10.9 Å². The summed E-state index contributed by atoms with van der Waals surface area (Å²) in [5.74, 6) is -2.76. The first-order chi connectivity index (χ1) is 6.99. The average Bonchev–Trinajstić information content (AvgIpc) is 2.14. The molecule has 0 radical (unpaired) electrons. The second-order valence-electron chi connectivity index (χ2n) is 3.69. The molecule has 1 aliphatic carbocycles. The second kappa shape index (κ2) is 3.14. The van der Waals surface area contributed by atoms with Crippen LogP contribution in [0.4, 0.5) is 8.78 Å². The summed E-state index contributed by atoms with van der Waals surface area (Å²) in [4.78, 5) is 7.20. The summed E-state index contributed by atoms with van der Waals surface area (Å²) in [6.45, 7) is 7.01. The van der Waals surface area contributed by atoms with E-state index in [2.05, 4.69) is 9.83 Å². The average molecular weight is 229 g/mol. The zero-order valence-electron chi connectivity index (χ0n) is 7.67. The fourth-order valence-corrected chi connectivity index (χ4v) is 2.13. The minimum Gasteiger partial charge on any atom is -0.303 e. The molecule has 1 aromatic heterocycles. The van der Waals surface area contributed by atoms with E-state index in [1.54, 1.807) is 12.1 Å². The highest BCUT2D eigenvalue weighted by atomic mass is 35.5. The molecule has 1 fully saturated rings. The first kappa shape index (κ1) is 10.3. The van der Waals surface area contributed by atoms with Gasteiger partial charge in [-0.2, -0.15) is 0 Å². The summed E-state index contributed by atoms with van der Waals surface area (Å²) in [7, 11) is 0. The molecule has 78 valence electrons. The van der Waals surface area contributed by atoms with Crippen molar-refractivity contribution < 1.29 is 8.78 Å². The van der Waals surface area contributed by atoms with Crippen LogP contribution >= 0.6 is 11.6 Å². The lowest BCUT2D eigenvalue weighted by molar-refractivity contribution is -0.113. The van der Waals surface area contributed by atoms with Gasteiger partial charge in [0.25, 0.3) is 11.5 Å². The number of halogens is 3. The lowest BCUT2D eigenvalue weighted by Crippen LogP contribution is -2.47. The van der Waals surface area contributed by atoms with Crippen molar-refractivity contribution in [2.24, 2.45) is 0 Å². The predicted octanol–water partition coefficient (Wildman–Crippen LogP) is 3.28. The molecule has 5 heteroatoms. The molecule has 0 atom stereocenters. The molecule has 0 unspecified atom stereocenters. The number of nitrogens with zero attached hydrogens (tertiary/aromatic N) is 2. The van der Waals surface area contributed by atoms with E-state index in [1.807, 2.05) is 0 Å². The highest BCUT2D eigenvalue weighted by Crippen LogP contribution is 2.55. The number of hydrogen-bond acceptors (Lipinski definition) is 1. The van der Waals surface area contributed by atoms with Crippen molar-refractivity contribution in [3.05, 3.63) is 40.5 Å². The standard InChI is InChI=1S/C10H7ClF2N2/c1-14-9(5-10(12,13)6-9)8-7(11)3-2-4-15-8/h2-4H,5-6H2. The maximum Gasteiger partial charge on any atom is 0.286 e. The summed E-state index contributed by atoms with van der Waals surface area (Å²) in [5.41, 5.74) is -0.949. The fraction of sp³-hybridized carbons (Fsp3) is 0.400. The molecule has 0 amide bonds. The molecule has 1 aliphatic rings. The Morgan fingerprint density at radius 2 is 2.13 bits per heavy atom. The molecule has 15 heavy (non-hydrogen) atoms. The molecule has 0 saturated heterocycles. The Hall–Kier alpha value is -1.21. The van der Waals surface area contributed by atoms with Crippen LogP contribution in [-0.2, 0) is 5.54 Å². The maximum atomic E-state index is 12.8. The van der Waals surface area contributed by atoms with Crippen molar-refractivity contribution in [2.75, 3.05) is 0 Å². The number of rotatable bonds is 1. The van der Waals surface area contributed by atoms with Gasteiger partial charge in [0.2, 0.25) is 0 Å². The van der Waals surface area contributed by atoms with Gasteiger partial charge < -0.3 is 4.85 Å². The van der Waals surface area contributed by atoms with E-state index < -0.39 is 24.3 Å². The summed E-state index contributed by atoms with van der Waals surface area (Å²) >= 11 is 5.84. The van der Waals surface area contributed by atoms with Crippen LogP contribution in [0.1, 0.15) is 18.5 Å². The third-order valence-electron chi connectivity index (χ3n) is 2.52. The van der Waals surface area contributed by atoms with Gasteiger partial charge in [-0.3, -0.25) is 4.98 Å². The van der Waals surface area contributed by atoms with Crippen LogP contribution in [0, 0.1) is 6.57 Å². The van der Waals surface area contributed by atoms with E-state index in [4.69, 9.17) is 18.2 Å². The second-order valence-corrected chi connectivity index (χ2v) is 4.09. The molecule has 0 spiro atoms. The van der Waals surface area contributed by atoms with E-state index in [0.29, 0.717) is 0 Å². The van der Waals surface area contributed by atoms with Crippen LogP contribution in [0.2, 0.25) is 5.02 Å². The first-order valence-corrected chi connectivity index (χ1v) is 4.74. The molecule has 0 N–H and O–H groups in total. The summed E-state index contributed by atoms with van der Waals surface area (Å²) < 4.78 is 25.6. The van der Waals surface area contributed by atoms with Crippen molar-refractivity contribution in [2.45, 2.75) is 24.3 Å². The van der Waals surface area contributed by atoms with Crippen molar-refractivity contribution in [3.63, 3.8) is 0 Å². The van der Waals surface area contributed by atoms with Crippen molar-refractivity contribution >= 4 is 11.6 Å². The summed E-state index contributed by atoms with van der Waals surface area (Å²) in [6, 6.07) is 3.17. The van der Waals surface area contributed by atoms with Crippen LogP contribution in [0.3, 0.4) is 0 Å². The van der Waals surface area contributed by atoms with Crippen LogP contribution in [0.15, 0.2) is 18.3 Å². The van der Waals surface area contributed by atoms with Gasteiger partial charge in [0.05, 0.1) is 17.9 Å². The Kier molecular flexibility index (Phi) is 2.16. The van der Waals surface area contributed by atoms with Crippen LogP contribution in [0.5, 0.6) is 0 Å². The van der Waals surface area contributed by atoms with E-state index in [9.17, 15) is 8.78 Å². The van der Waals surface area contributed by atoms with E-state index >= 15 is 0 Å². The van der Waals surface area contributed by atoms with Gasteiger partial charge in [-0.1, -0.05) is 11.6 Å². The molecule has 2 rings (SSSR count). The third-order valence-corrected chi connectivity index (χ3v) is 2.82. The maximum absolute atomic E-state index is 12.8. The minimum absolute atomic E-state index is 0.271. The molecular formula is C10H7ClF2N2. The smallest absolute Gasteiger partial charge is 0.286 e. The van der Waals surface area contributed by atoms with E-state index in [0.717, 1.165) is 0 Å². The fourth-order valence-electron chi connectivity index (χ4n) is 1.83. The lowest BCUT2D eigenvalue weighted by atomic mass is 9.71. The van der Waals surface area contributed by atoms with Crippen molar-refractivity contribution in [1.82, 2.24) is 4.98 Å². The Morgan fingerprint density at radius 1 is 1.47 bits per heavy atom. The zero-order valence-corrected chi connectivity index (χ0v) is 8.43. The highest BCUT2D eigenvalue weighted by Gasteiger charge is 2.65. The Labute approximate surface area is 90.7 Å². The topological polar surface area (TPSA) is 17.2 Å². The van der Waals surface area contributed by atoms with E-state index in [1.165, 1.54) is 6.20 Å². The van der Waals surface area contributed by atoms with Crippen LogP contribution in [0.25, 0.3) is 4.85 Å². The first-order valence-electron chi connectivity index (χ1n) is 4.37. The molecule has 2 nitrogen and oxygen atoms in total. The number of pyridine rings is 1.